The lowest BCUT2D eigenvalue weighted by molar-refractivity contribution is -0.134. The van der Waals surface area contributed by atoms with Crippen LogP contribution < -0.4 is 10.5 Å². The van der Waals surface area contributed by atoms with Crippen LogP contribution >= 0.6 is 0 Å². The zero-order valence-electron chi connectivity index (χ0n) is 12.2. The Bertz CT molecular complexity index is 401. The highest BCUT2D eigenvalue weighted by Gasteiger charge is 2.20. The molecule has 2 N–H and O–H groups in total. The third kappa shape index (κ3) is 4.91. The lowest BCUT2D eigenvalue weighted by atomic mass is 10.0. The number of carbonyl (C=O) groups excluding carboxylic acids is 1. The van der Waals surface area contributed by atoms with Crippen molar-refractivity contribution in [1.29, 1.82) is 0 Å². The van der Waals surface area contributed by atoms with Crippen LogP contribution in [0.4, 0.5) is 0 Å². The highest BCUT2D eigenvalue weighted by molar-refractivity contribution is 5.78. The Hall–Kier alpha value is -1.55. The van der Waals surface area contributed by atoms with Gasteiger partial charge in [0.15, 0.2) is 0 Å². The van der Waals surface area contributed by atoms with E-state index in [1.807, 2.05) is 45.0 Å². The van der Waals surface area contributed by atoms with Gasteiger partial charge in [0, 0.05) is 13.1 Å². The molecule has 0 fully saturated rings. The lowest BCUT2D eigenvalue weighted by Gasteiger charge is -2.23. The van der Waals surface area contributed by atoms with Crippen LogP contribution in [0.3, 0.4) is 0 Å². The van der Waals surface area contributed by atoms with Crippen molar-refractivity contribution in [2.45, 2.75) is 26.8 Å². The Kier molecular flexibility index (Phi) is 5.83. The van der Waals surface area contributed by atoms with E-state index in [9.17, 15) is 4.79 Å². The van der Waals surface area contributed by atoms with Gasteiger partial charge < -0.3 is 15.4 Å². The fourth-order valence-corrected chi connectivity index (χ4v) is 1.62. The van der Waals surface area contributed by atoms with E-state index in [4.69, 9.17) is 10.5 Å². The quantitative estimate of drug-likeness (QED) is 0.852. The third-order valence-corrected chi connectivity index (χ3v) is 3.27. The van der Waals surface area contributed by atoms with Gasteiger partial charge in [0.25, 0.3) is 0 Å². The average Bonchev–Trinajstić information content (AvgIpc) is 2.39. The first kappa shape index (κ1) is 15.5. The molecule has 106 valence electrons. The number of carbonyl (C=O) groups is 1. The summed E-state index contributed by atoms with van der Waals surface area (Å²) in [5, 5.41) is 0. The Labute approximate surface area is 115 Å². The maximum Gasteiger partial charge on any atom is 0.226 e. The molecule has 1 amide bonds. The number of ether oxygens (including phenoxy) is 1. The van der Waals surface area contributed by atoms with E-state index in [0.29, 0.717) is 13.2 Å². The molecule has 0 aromatic heterocycles. The monoisotopic (exact) mass is 264 g/mol. The molecule has 0 heterocycles. The van der Waals surface area contributed by atoms with E-state index in [-0.39, 0.29) is 17.9 Å². The van der Waals surface area contributed by atoms with Crippen LogP contribution in [0.5, 0.6) is 5.75 Å². The first-order chi connectivity index (χ1) is 8.91. The van der Waals surface area contributed by atoms with Gasteiger partial charge in [-0.05, 0) is 26.0 Å². The van der Waals surface area contributed by atoms with Crippen molar-refractivity contribution in [3.8, 4) is 5.75 Å². The van der Waals surface area contributed by atoms with E-state index >= 15 is 0 Å². The van der Waals surface area contributed by atoms with Crippen molar-refractivity contribution in [2.24, 2.45) is 11.7 Å². The summed E-state index contributed by atoms with van der Waals surface area (Å²) in [4.78, 5) is 13.6. The average molecular weight is 264 g/mol. The van der Waals surface area contributed by atoms with E-state index in [1.54, 1.807) is 11.9 Å². The number of aryl methyl sites for hydroxylation is 1. The molecule has 0 saturated carbocycles. The number of nitrogens with zero attached hydrogens (tertiary/aromatic N) is 1. The summed E-state index contributed by atoms with van der Waals surface area (Å²) in [6.07, 6.45) is 0. The van der Waals surface area contributed by atoms with Gasteiger partial charge in [0.05, 0.1) is 12.5 Å². The first-order valence-corrected chi connectivity index (χ1v) is 6.62. The van der Waals surface area contributed by atoms with Gasteiger partial charge in [-0.15, -0.1) is 0 Å². The Morgan fingerprint density at radius 1 is 1.32 bits per heavy atom. The number of amides is 1. The van der Waals surface area contributed by atoms with Gasteiger partial charge >= 0.3 is 0 Å². The largest absolute Gasteiger partial charge is 0.492 e. The van der Waals surface area contributed by atoms with Gasteiger partial charge in [0.2, 0.25) is 5.91 Å². The van der Waals surface area contributed by atoms with Gasteiger partial charge in [-0.25, -0.2) is 0 Å². The molecule has 0 saturated heterocycles. The molecule has 0 radical (unpaired) electrons. The molecular formula is C15H24N2O2. The van der Waals surface area contributed by atoms with Crippen molar-refractivity contribution in [3.05, 3.63) is 29.8 Å². The molecule has 19 heavy (non-hydrogen) atoms. The number of benzene rings is 1. The van der Waals surface area contributed by atoms with E-state index in [1.165, 1.54) is 5.56 Å². The van der Waals surface area contributed by atoms with Gasteiger partial charge in [-0.1, -0.05) is 24.6 Å². The van der Waals surface area contributed by atoms with Gasteiger partial charge in [0.1, 0.15) is 12.4 Å². The number of hydrogen-bond donors (Lipinski definition) is 1. The molecule has 0 spiro atoms. The molecule has 0 aliphatic carbocycles. The molecule has 1 aromatic carbocycles. The van der Waals surface area contributed by atoms with E-state index in [0.717, 1.165) is 5.75 Å². The highest BCUT2D eigenvalue weighted by atomic mass is 16.5. The van der Waals surface area contributed by atoms with Crippen molar-refractivity contribution >= 4 is 5.91 Å². The van der Waals surface area contributed by atoms with Crippen LogP contribution in [-0.2, 0) is 4.79 Å². The summed E-state index contributed by atoms with van der Waals surface area (Å²) in [6.45, 7) is 6.77. The smallest absolute Gasteiger partial charge is 0.226 e. The molecule has 0 aliphatic heterocycles. The Balaban J connectivity index is 2.36. The fourth-order valence-electron chi connectivity index (χ4n) is 1.62. The number of rotatable bonds is 6. The van der Waals surface area contributed by atoms with Crippen LogP contribution in [0.25, 0.3) is 0 Å². The molecule has 2 atom stereocenters. The first-order valence-electron chi connectivity index (χ1n) is 6.62. The maximum absolute atomic E-state index is 12.0. The number of nitrogens with two attached hydrogens (primary N) is 1. The second-order valence-electron chi connectivity index (χ2n) is 5.07. The molecule has 4 nitrogen and oxygen atoms in total. The van der Waals surface area contributed by atoms with Crippen LogP contribution in [0.2, 0.25) is 0 Å². The summed E-state index contributed by atoms with van der Waals surface area (Å²) < 4.78 is 5.60. The normalized spacial score (nSPS) is 13.7. The summed E-state index contributed by atoms with van der Waals surface area (Å²) in [5.41, 5.74) is 6.93. The predicted molar refractivity (Wildman–Crippen MR) is 77.1 cm³/mol. The van der Waals surface area contributed by atoms with Crippen molar-refractivity contribution in [1.82, 2.24) is 4.90 Å². The highest BCUT2D eigenvalue weighted by Crippen LogP contribution is 2.11. The van der Waals surface area contributed by atoms with Gasteiger partial charge in [-0.2, -0.15) is 0 Å². The van der Waals surface area contributed by atoms with Crippen LogP contribution in [0.1, 0.15) is 19.4 Å². The molecule has 0 aliphatic rings. The Morgan fingerprint density at radius 2 is 1.89 bits per heavy atom. The fraction of sp³-hybridized carbons (Fsp3) is 0.533. The van der Waals surface area contributed by atoms with Crippen molar-refractivity contribution in [2.75, 3.05) is 20.2 Å². The van der Waals surface area contributed by atoms with E-state index < -0.39 is 0 Å². The summed E-state index contributed by atoms with van der Waals surface area (Å²) in [5.74, 6) is 0.721. The zero-order chi connectivity index (χ0) is 14.4. The number of hydrogen-bond acceptors (Lipinski definition) is 3. The standard InChI is InChI=1S/C15H24N2O2/c1-11-5-7-14(8-6-11)19-10-9-17(4)15(18)12(2)13(3)16/h5-8,12-13H,9-10,16H2,1-4H3. The van der Waals surface area contributed by atoms with Crippen LogP contribution in [-0.4, -0.2) is 37.0 Å². The SMILES string of the molecule is Cc1ccc(OCCN(C)C(=O)C(C)C(C)N)cc1. The van der Waals surface area contributed by atoms with Crippen LogP contribution in [0.15, 0.2) is 24.3 Å². The zero-order valence-corrected chi connectivity index (χ0v) is 12.2. The summed E-state index contributed by atoms with van der Waals surface area (Å²) in [7, 11) is 1.78. The molecule has 1 rings (SSSR count). The molecule has 0 bridgehead atoms. The predicted octanol–water partition coefficient (Wildman–Crippen LogP) is 1.82. The minimum absolute atomic E-state index is 0.0579. The van der Waals surface area contributed by atoms with Crippen molar-refractivity contribution in [3.63, 3.8) is 0 Å². The molecule has 4 heteroatoms. The topological polar surface area (TPSA) is 55.6 Å². The second-order valence-corrected chi connectivity index (χ2v) is 5.07. The maximum atomic E-state index is 12.0. The van der Waals surface area contributed by atoms with Crippen LogP contribution in [0, 0.1) is 12.8 Å². The second kappa shape index (κ2) is 7.14. The Morgan fingerprint density at radius 3 is 2.42 bits per heavy atom. The summed E-state index contributed by atoms with van der Waals surface area (Å²) in [6, 6.07) is 7.74. The summed E-state index contributed by atoms with van der Waals surface area (Å²) >= 11 is 0. The number of likely N-dealkylation sites (N-methyl/N-ethyl adjacent to an activating group) is 1. The molecular weight excluding hydrogens is 240 g/mol. The molecule has 1 aromatic rings. The van der Waals surface area contributed by atoms with Gasteiger partial charge in [-0.3, -0.25) is 4.79 Å². The van der Waals surface area contributed by atoms with Crippen molar-refractivity contribution < 1.29 is 9.53 Å². The minimum atomic E-state index is -0.163. The minimum Gasteiger partial charge on any atom is -0.492 e. The lowest BCUT2D eigenvalue weighted by Crippen LogP contribution is -2.41. The third-order valence-electron chi connectivity index (χ3n) is 3.27. The molecule has 2 unspecified atom stereocenters. The van der Waals surface area contributed by atoms with E-state index in [2.05, 4.69) is 0 Å².